The standard InChI is InChI=1S/C15H24N2O3/c1-15(19)6-4-9-17(10-7-15)14(18)13-5-3-8-16(13)11-12-20-2/h3,5,8,19H,4,6-7,9-12H2,1-2H3. The highest BCUT2D eigenvalue weighted by molar-refractivity contribution is 5.92. The first-order chi connectivity index (χ1) is 9.53. The van der Waals surface area contributed by atoms with Gasteiger partial charge in [-0.1, -0.05) is 0 Å². The monoisotopic (exact) mass is 280 g/mol. The molecular weight excluding hydrogens is 256 g/mol. The van der Waals surface area contributed by atoms with Gasteiger partial charge in [0, 0.05) is 32.9 Å². The third kappa shape index (κ3) is 3.61. The van der Waals surface area contributed by atoms with Gasteiger partial charge in [0.05, 0.1) is 12.2 Å². The first-order valence-electron chi connectivity index (χ1n) is 7.19. The molecule has 1 aromatic heterocycles. The van der Waals surface area contributed by atoms with Gasteiger partial charge >= 0.3 is 0 Å². The van der Waals surface area contributed by atoms with Crippen molar-refractivity contribution in [2.24, 2.45) is 0 Å². The van der Waals surface area contributed by atoms with Gasteiger partial charge in [-0.15, -0.1) is 0 Å². The Balaban J connectivity index is 2.05. The van der Waals surface area contributed by atoms with Crippen LogP contribution in [0, 0.1) is 0 Å². The van der Waals surface area contributed by atoms with Crippen LogP contribution < -0.4 is 0 Å². The molecule has 5 nitrogen and oxygen atoms in total. The maximum absolute atomic E-state index is 12.6. The Bertz CT molecular complexity index is 454. The molecule has 2 rings (SSSR count). The molecule has 1 unspecified atom stereocenters. The fraction of sp³-hybridized carbons (Fsp3) is 0.667. The first-order valence-corrected chi connectivity index (χ1v) is 7.19. The largest absolute Gasteiger partial charge is 0.390 e. The zero-order chi connectivity index (χ0) is 14.6. The van der Waals surface area contributed by atoms with E-state index in [1.165, 1.54) is 0 Å². The molecule has 1 fully saturated rings. The summed E-state index contributed by atoms with van der Waals surface area (Å²) < 4.78 is 6.99. The van der Waals surface area contributed by atoms with E-state index in [9.17, 15) is 9.90 Å². The lowest BCUT2D eigenvalue weighted by molar-refractivity contribution is 0.0436. The zero-order valence-corrected chi connectivity index (χ0v) is 12.3. The second-order valence-corrected chi connectivity index (χ2v) is 5.72. The van der Waals surface area contributed by atoms with Crippen LogP contribution in [0.2, 0.25) is 0 Å². The van der Waals surface area contributed by atoms with Gasteiger partial charge in [0.1, 0.15) is 5.69 Å². The molecule has 0 aliphatic carbocycles. The summed E-state index contributed by atoms with van der Waals surface area (Å²) in [5.74, 6) is 0.0452. The van der Waals surface area contributed by atoms with Gasteiger partial charge in [0.25, 0.3) is 5.91 Å². The summed E-state index contributed by atoms with van der Waals surface area (Å²) >= 11 is 0. The van der Waals surface area contributed by atoms with Crippen molar-refractivity contribution < 1.29 is 14.6 Å². The maximum Gasteiger partial charge on any atom is 0.270 e. The highest BCUT2D eigenvalue weighted by Crippen LogP contribution is 2.22. The molecule has 0 bridgehead atoms. The number of carbonyl (C=O) groups is 1. The smallest absolute Gasteiger partial charge is 0.270 e. The summed E-state index contributed by atoms with van der Waals surface area (Å²) in [6.07, 6.45) is 4.14. The number of aliphatic hydroxyl groups is 1. The number of nitrogens with zero attached hydrogens (tertiary/aromatic N) is 2. The molecule has 1 aliphatic rings. The predicted molar refractivity (Wildman–Crippen MR) is 76.7 cm³/mol. The van der Waals surface area contributed by atoms with Crippen LogP contribution >= 0.6 is 0 Å². The second kappa shape index (κ2) is 6.41. The van der Waals surface area contributed by atoms with Crippen LogP contribution in [0.3, 0.4) is 0 Å². The van der Waals surface area contributed by atoms with E-state index in [2.05, 4.69) is 0 Å². The van der Waals surface area contributed by atoms with E-state index in [1.807, 2.05) is 34.7 Å². The van der Waals surface area contributed by atoms with Gasteiger partial charge in [-0.3, -0.25) is 4.79 Å². The molecule has 1 N–H and O–H groups in total. The Morgan fingerprint density at radius 1 is 1.45 bits per heavy atom. The van der Waals surface area contributed by atoms with Crippen molar-refractivity contribution in [3.63, 3.8) is 0 Å². The number of methoxy groups -OCH3 is 1. The number of hydrogen-bond acceptors (Lipinski definition) is 3. The Kier molecular flexibility index (Phi) is 4.83. The van der Waals surface area contributed by atoms with Gasteiger partial charge in [-0.25, -0.2) is 0 Å². The van der Waals surface area contributed by atoms with E-state index < -0.39 is 5.60 Å². The summed E-state index contributed by atoms with van der Waals surface area (Å²) in [5, 5.41) is 10.1. The van der Waals surface area contributed by atoms with Crippen molar-refractivity contribution >= 4 is 5.91 Å². The highest BCUT2D eigenvalue weighted by Gasteiger charge is 2.28. The van der Waals surface area contributed by atoms with Gasteiger partial charge in [0.2, 0.25) is 0 Å². The minimum atomic E-state index is -0.646. The average molecular weight is 280 g/mol. The van der Waals surface area contributed by atoms with Crippen LogP contribution in [0.25, 0.3) is 0 Å². The summed E-state index contributed by atoms with van der Waals surface area (Å²) in [5.41, 5.74) is 0.0520. The van der Waals surface area contributed by atoms with Crippen LogP contribution in [-0.4, -0.2) is 52.9 Å². The minimum absolute atomic E-state index is 0.0452. The summed E-state index contributed by atoms with van der Waals surface area (Å²) in [6, 6.07) is 3.73. The quantitative estimate of drug-likeness (QED) is 0.909. The fourth-order valence-corrected chi connectivity index (χ4v) is 2.62. The molecule has 20 heavy (non-hydrogen) atoms. The molecule has 0 radical (unpaired) electrons. The molecule has 0 spiro atoms. The number of amides is 1. The summed E-state index contributed by atoms with van der Waals surface area (Å²) in [6.45, 7) is 4.44. The SMILES string of the molecule is COCCn1cccc1C(=O)N1CCCC(C)(O)CC1. The lowest BCUT2D eigenvalue weighted by atomic mass is 9.98. The molecule has 1 saturated heterocycles. The second-order valence-electron chi connectivity index (χ2n) is 5.72. The summed E-state index contributed by atoms with van der Waals surface area (Å²) in [4.78, 5) is 14.4. The third-order valence-electron chi connectivity index (χ3n) is 3.94. The number of ether oxygens (including phenoxy) is 1. The third-order valence-corrected chi connectivity index (χ3v) is 3.94. The molecule has 0 saturated carbocycles. The van der Waals surface area contributed by atoms with Crippen LogP contribution in [0.1, 0.15) is 36.7 Å². The molecule has 0 aromatic carbocycles. The Hall–Kier alpha value is -1.33. The van der Waals surface area contributed by atoms with E-state index in [1.54, 1.807) is 7.11 Å². The number of likely N-dealkylation sites (tertiary alicyclic amines) is 1. The Morgan fingerprint density at radius 2 is 2.25 bits per heavy atom. The van der Waals surface area contributed by atoms with E-state index in [0.29, 0.717) is 38.4 Å². The molecule has 1 aliphatic heterocycles. The van der Waals surface area contributed by atoms with Crippen molar-refractivity contribution in [2.45, 2.75) is 38.3 Å². The molecule has 5 heteroatoms. The van der Waals surface area contributed by atoms with Gasteiger partial charge in [-0.2, -0.15) is 0 Å². The molecular formula is C15H24N2O3. The van der Waals surface area contributed by atoms with Gasteiger partial charge in [-0.05, 0) is 38.3 Å². The number of rotatable bonds is 4. The number of carbonyl (C=O) groups excluding carboxylic acids is 1. The van der Waals surface area contributed by atoms with Gasteiger partial charge in [0.15, 0.2) is 0 Å². The van der Waals surface area contributed by atoms with E-state index in [-0.39, 0.29) is 5.91 Å². The minimum Gasteiger partial charge on any atom is -0.390 e. The number of hydrogen-bond donors (Lipinski definition) is 1. The van der Waals surface area contributed by atoms with E-state index in [4.69, 9.17) is 4.74 Å². The van der Waals surface area contributed by atoms with Crippen LogP contribution in [0.15, 0.2) is 18.3 Å². The van der Waals surface area contributed by atoms with Crippen LogP contribution in [0.5, 0.6) is 0 Å². The Morgan fingerprint density at radius 3 is 3.00 bits per heavy atom. The predicted octanol–water partition coefficient (Wildman–Crippen LogP) is 1.51. The topological polar surface area (TPSA) is 54.7 Å². The van der Waals surface area contributed by atoms with E-state index in [0.717, 1.165) is 12.8 Å². The van der Waals surface area contributed by atoms with Crippen molar-refractivity contribution in [1.82, 2.24) is 9.47 Å². The Labute approximate surface area is 120 Å². The van der Waals surface area contributed by atoms with Crippen molar-refractivity contribution in [2.75, 3.05) is 26.8 Å². The van der Waals surface area contributed by atoms with E-state index >= 15 is 0 Å². The molecule has 1 atom stereocenters. The molecule has 1 aromatic rings. The van der Waals surface area contributed by atoms with Crippen molar-refractivity contribution in [3.8, 4) is 0 Å². The van der Waals surface area contributed by atoms with Crippen molar-refractivity contribution in [1.29, 1.82) is 0 Å². The lowest BCUT2D eigenvalue weighted by Gasteiger charge is -2.23. The lowest BCUT2D eigenvalue weighted by Crippen LogP contribution is -2.34. The molecule has 112 valence electrons. The molecule has 2 heterocycles. The first kappa shape index (κ1) is 15.1. The maximum atomic E-state index is 12.6. The fourth-order valence-electron chi connectivity index (χ4n) is 2.62. The molecule has 1 amide bonds. The number of aromatic nitrogens is 1. The highest BCUT2D eigenvalue weighted by atomic mass is 16.5. The zero-order valence-electron chi connectivity index (χ0n) is 12.3. The van der Waals surface area contributed by atoms with Crippen molar-refractivity contribution in [3.05, 3.63) is 24.0 Å². The summed E-state index contributed by atoms with van der Waals surface area (Å²) in [7, 11) is 1.65. The van der Waals surface area contributed by atoms with Crippen LogP contribution in [-0.2, 0) is 11.3 Å². The normalized spacial score (nSPS) is 23.6. The van der Waals surface area contributed by atoms with Gasteiger partial charge < -0.3 is 19.3 Å². The average Bonchev–Trinajstić information content (AvgIpc) is 2.79. The van der Waals surface area contributed by atoms with Crippen LogP contribution in [0.4, 0.5) is 0 Å².